The van der Waals surface area contributed by atoms with Gasteiger partial charge in [-0.05, 0) is 56.3 Å². The Labute approximate surface area is 165 Å². The van der Waals surface area contributed by atoms with Gasteiger partial charge in [-0.3, -0.25) is 14.5 Å². The van der Waals surface area contributed by atoms with Gasteiger partial charge in [0.25, 0.3) is 11.1 Å². The van der Waals surface area contributed by atoms with Crippen molar-refractivity contribution < 1.29 is 23.9 Å². The van der Waals surface area contributed by atoms with Crippen molar-refractivity contribution in [2.45, 2.75) is 26.8 Å². The summed E-state index contributed by atoms with van der Waals surface area (Å²) < 4.78 is 10.1. The SMILES string of the molecule is CCOC(=O)COc1c(Cl)cc(/C=C2/SC(=O)N(C(C)C)C2=O)cc1Cl. The standard InChI is InChI=1S/C17H17Cl2NO5S/c1-4-24-14(21)8-25-15-11(18)5-10(6-12(15)19)7-13-16(22)20(9(2)3)17(23)26-13/h5-7,9H,4,8H2,1-3H3/b13-7+. The van der Waals surface area contributed by atoms with Gasteiger partial charge in [0.2, 0.25) is 0 Å². The molecule has 1 heterocycles. The van der Waals surface area contributed by atoms with Gasteiger partial charge < -0.3 is 9.47 Å². The Morgan fingerprint density at radius 3 is 2.38 bits per heavy atom. The van der Waals surface area contributed by atoms with Crippen LogP contribution in [0.1, 0.15) is 26.3 Å². The van der Waals surface area contributed by atoms with Gasteiger partial charge in [0.1, 0.15) is 0 Å². The summed E-state index contributed by atoms with van der Waals surface area (Å²) in [4.78, 5) is 37.1. The maximum absolute atomic E-state index is 12.3. The van der Waals surface area contributed by atoms with Crippen molar-refractivity contribution in [3.05, 3.63) is 32.6 Å². The molecule has 0 unspecified atom stereocenters. The summed E-state index contributed by atoms with van der Waals surface area (Å²) >= 11 is 13.2. The first kappa shape index (κ1) is 20.6. The maximum atomic E-state index is 12.3. The molecule has 0 radical (unpaired) electrons. The summed E-state index contributed by atoms with van der Waals surface area (Å²) in [6, 6.07) is 2.85. The second-order valence-electron chi connectivity index (χ2n) is 5.55. The summed E-state index contributed by atoms with van der Waals surface area (Å²) in [6.45, 7) is 5.15. The fourth-order valence-corrected chi connectivity index (χ4v) is 3.78. The number of amides is 2. The van der Waals surface area contributed by atoms with Crippen LogP contribution in [0.4, 0.5) is 4.79 Å². The Morgan fingerprint density at radius 2 is 1.88 bits per heavy atom. The number of halogens is 2. The highest BCUT2D eigenvalue weighted by molar-refractivity contribution is 8.18. The third kappa shape index (κ3) is 4.72. The molecule has 0 aromatic heterocycles. The van der Waals surface area contributed by atoms with E-state index in [9.17, 15) is 14.4 Å². The van der Waals surface area contributed by atoms with Gasteiger partial charge in [-0.15, -0.1) is 0 Å². The van der Waals surface area contributed by atoms with Gasteiger partial charge in [-0.25, -0.2) is 4.79 Å². The highest BCUT2D eigenvalue weighted by atomic mass is 35.5. The number of carbonyl (C=O) groups is 3. The van der Waals surface area contributed by atoms with Crippen molar-refractivity contribution in [2.24, 2.45) is 0 Å². The molecule has 0 atom stereocenters. The summed E-state index contributed by atoms with van der Waals surface area (Å²) in [6.07, 6.45) is 1.54. The molecular formula is C17H17Cl2NO5S. The molecule has 1 aromatic rings. The quantitative estimate of drug-likeness (QED) is 0.504. The van der Waals surface area contributed by atoms with E-state index in [1.165, 1.54) is 17.0 Å². The van der Waals surface area contributed by atoms with Crippen molar-refractivity contribution in [1.82, 2.24) is 4.90 Å². The molecule has 0 N–H and O–H groups in total. The van der Waals surface area contributed by atoms with Crippen LogP contribution in [0.5, 0.6) is 5.75 Å². The van der Waals surface area contributed by atoms with E-state index in [4.69, 9.17) is 32.7 Å². The van der Waals surface area contributed by atoms with Crippen molar-refractivity contribution in [1.29, 1.82) is 0 Å². The number of imide groups is 1. The molecule has 1 saturated heterocycles. The highest BCUT2D eigenvalue weighted by Crippen LogP contribution is 2.37. The molecule has 0 aliphatic carbocycles. The molecule has 2 amide bonds. The van der Waals surface area contributed by atoms with Gasteiger partial charge >= 0.3 is 5.97 Å². The molecule has 1 aliphatic heterocycles. The van der Waals surface area contributed by atoms with Crippen LogP contribution in [0.25, 0.3) is 6.08 Å². The minimum atomic E-state index is -0.536. The summed E-state index contributed by atoms with van der Waals surface area (Å²) in [5.74, 6) is -0.746. The van der Waals surface area contributed by atoms with E-state index in [2.05, 4.69) is 0 Å². The number of hydrogen-bond acceptors (Lipinski definition) is 6. The molecule has 6 nitrogen and oxygen atoms in total. The first-order valence-corrected chi connectivity index (χ1v) is 9.36. The topological polar surface area (TPSA) is 72.9 Å². The molecule has 0 spiro atoms. The van der Waals surface area contributed by atoms with E-state index >= 15 is 0 Å². The molecule has 1 aliphatic rings. The minimum absolute atomic E-state index is 0.147. The fraction of sp³-hybridized carbons (Fsp3) is 0.353. The van der Waals surface area contributed by atoms with E-state index in [0.29, 0.717) is 5.56 Å². The molecular weight excluding hydrogens is 401 g/mol. The Morgan fingerprint density at radius 1 is 1.27 bits per heavy atom. The van der Waals surface area contributed by atoms with Gasteiger partial charge in [-0.1, -0.05) is 23.2 Å². The predicted molar refractivity (Wildman–Crippen MR) is 102 cm³/mol. The first-order valence-electron chi connectivity index (χ1n) is 7.79. The molecule has 1 aromatic carbocycles. The Kier molecular flexibility index (Phi) is 6.97. The van der Waals surface area contributed by atoms with Crippen LogP contribution in [0.15, 0.2) is 17.0 Å². The number of ether oxygens (including phenoxy) is 2. The summed E-state index contributed by atoms with van der Waals surface area (Å²) in [7, 11) is 0. The van der Waals surface area contributed by atoms with Crippen molar-refractivity contribution >= 4 is 58.2 Å². The Bertz CT molecular complexity index is 755. The van der Waals surface area contributed by atoms with Crippen molar-refractivity contribution in [3.8, 4) is 5.75 Å². The number of nitrogens with zero attached hydrogens (tertiary/aromatic N) is 1. The third-order valence-electron chi connectivity index (χ3n) is 3.30. The van der Waals surface area contributed by atoms with Crippen LogP contribution in [0, 0.1) is 0 Å². The van der Waals surface area contributed by atoms with E-state index in [0.717, 1.165) is 11.8 Å². The average Bonchev–Trinajstić information content (AvgIpc) is 2.80. The molecule has 0 bridgehead atoms. The van der Waals surface area contributed by atoms with Gasteiger partial charge in [0.05, 0.1) is 21.6 Å². The normalized spacial score (nSPS) is 15.9. The van der Waals surface area contributed by atoms with Crippen molar-refractivity contribution in [2.75, 3.05) is 13.2 Å². The van der Waals surface area contributed by atoms with Crippen LogP contribution in [0.2, 0.25) is 10.0 Å². The van der Waals surface area contributed by atoms with Crippen LogP contribution in [0.3, 0.4) is 0 Å². The van der Waals surface area contributed by atoms with Crippen LogP contribution < -0.4 is 4.74 Å². The molecule has 1 fully saturated rings. The number of esters is 1. The minimum Gasteiger partial charge on any atom is -0.479 e. The summed E-state index contributed by atoms with van der Waals surface area (Å²) in [5, 5.41) is 0.0371. The van der Waals surface area contributed by atoms with Crippen LogP contribution in [-0.4, -0.2) is 41.3 Å². The lowest BCUT2D eigenvalue weighted by Gasteiger charge is -2.16. The van der Waals surface area contributed by atoms with E-state index in [1.54, 1.807) is 26.8 Å². The summed E-state index contributed by atoms with van der Waals surface area (Å²) in [5.41, 5.74) is 0.540. The average molecular weight is 418 g/mol. The number of hydrogen-bond donors (Lipinski definition) is 0. The van der Waals surface area contributed by atoms with Crippen LogP contribution in [-0.2, 0) is 14.3 Å². The number of rotatable bonds is 6. The largest absolute Gasteiger partial charge is 0.479 e. The predicted octanol–water partition coefficient (Wildman–Crippen LogP) is 4.38. The first-order chi connectivity index (χ1) is 12.2. The number of benzene rings is 1. The second-order valence-corrected chi connectivity index (χ2v) is 7.36. The molecule has 2 rings (SSSR count). The molecule has 140 valence electrons. The van der Waals surface area contributed by atoms with E-state index in [1.807, 2.05) is 0 Å². The lowest BCUT2D eigenvalue weighted by Crippen LogP contribution is -2.34. The van der Waals surface area contributed by atoms with Crippen molar-refractivity contribution in [3.63, 3.8) is 0 Å². The lowest BCUT2D eigenvalue weighted by atomic mass is 10.2. The number of thioether (sulfide) groups is 1. The van der Waals surface area contributed by atoms with E-state index in [-0.39, 0.29) is 51.1 Å². The third-order valence-corrected chi connectivity index (χ3v) is 4.74. The van der Waals surface area contributed by atoms with Gasteiger partial charge in [0, 0.05) is 6.04 Å². The second kappa shape index (κ2) is 8.79. The molecule has 26 heavy (non-hydrogen) atoms. The van der Waals surface area contributed by atoms with Gasteiger partial charge in [0.15, 0.2) is 12.4 Å². The maximum Gasteiger partial charge on any atom is 0.344 e. The van der Waals surface area contributed by atoms with E-state index < -0.39 is 5.97 Å². The van der Waals surface area contributed by atoms with Crippen LogP contribution >= 0.6 is 35.0 Å². The lowest BCUT2D eigenvalue weighted by molar-refractivity contribution is -0.145. The smallest absolute Gasteiger partial charge is 0.344 e. The zero-order chi connectivity index (χ0) is 19.4. The Balaban J connectivity index is 2.21. The molecule has 0 saturated carbocycles. The van der Waals surface area contributed by atoms with Gasteiger partial charge in [-0.2, -0.15) is 0 Å². The number of carbonyl (C=O) groups excluding carboxylic acids is 3. The monoisotopic (exact) mass is 417 g/mol. The Hall–Kier alpha value is -1.70. The zero-order valence-corrected chi connectivity index (χ0v) is 16.7. The zero-order valence-electron chi connectivity index (χ0n) is 14.4. The fourth-order valence-electron chi connectivity index (χ4n) is 2.21. The highest BCUT2D eigenvalue weighted by Gasteiger charge is 2.36. The molecule has 9 heteroatoms.